The molecule has 2 N–H and O–H groups in total. The molecule has 2 aromatic heterocycles. The first-order valence-corrected chi connectivity index (χ1v) is 15.6. The van der Waals surface area contributed by atoms with Crippen molar-refractivity contribution in [3.63, 3.8) is 0 Å². The lowest BCUT2D eigenvalue weighted by Crippen LogP contribution is -2.43. The van der Waals surface area contributed by atoms with Gasteiger partial charge in [0, 0.05) is 41.9 Å². The highest BCUT2D eigenvalue weighted by atomic mass is 35.5. The zero-order chi connectivity index (χ0) is 33.4. The summed E-state index contributed by atoms with van der Waals surface area (Å²) in [6.07, 6.45) is 10.9. The number of amides is 2. The molecular weight excluding hydrogens is 633 g/mol. The zero-order valence-corrected chi connectivity index (χ0v) is 26.1. The van der Waals surface area contributed by atoms with Crippen LogP contribution in [0.2, 0.25) is 5.02 Å². The summed E-state index contributed by atoms with van der Waals surface area (Å²) >= 11 is 6.09. The Hall–Kier alpha value is -5.81. The van der Waals surface area contributed by atoms with Gasteiger partial charge in [-0.3, -0.25) is 19.4 Å². The summed E-state index contributed by atoms with van der Waals surface area (Å²) in [4.78, 5) is 46.0. The molecule has 10 nitrogen and oxygen atoms in total. The van der Waals surface area contributed by atoms with Crippen molar-refractivity contribution < 1.29 is 18.8 Å². The van der Waals surface area contributed by atoms with E-state index in [2.05, 4.69) is 32.7 Å². The lowest BCUT2D eigenvalue weighted by molar-refractivity contribution is -0.136. The molecule has 0 saturated carbocycles. The minimum atomic E-state index is -0.938. The summed E-state index contributed by atoms with van der Waals surface area (Å²) in [5.74, 6) is -1.94. The largest absolute Gasteiger partial charge is 0.366 e. The fourth-order valence-electron chi connectivity index (χ4n) is 6.34. The molecule has 2 aliphatic rings. The summed E-state index contributed by atoms with van der Waals surface area (Å²) < 4.78 is 16.5. The van der Waals surface area contributed by atoms with E-state index in [0.717, 1.165) is 34.2 Å². The number of pyridine rings is 1. The van der Waals surface area contributed by atoms with Crippen molar-refractivity contribution in [3.05, 3.63) is 135 Å². The Kier molecular flexibility index (Phi) is 8.20. The van der Waals surface area contributed by atoms with Crippen LogP contribution in [0, 0.1) is 5.82 Å². The molecule has 1 atom stereocenters. The van der Waals surface area contributed by atoms with Crippen molar-refractivity contribution in [1.29, 1.82) is 0 Å². The van der Waals surface area contributed by atoms with Gasteiger partial charge < -0.3 is 10.6 Å². The molecular formula is C36H27ClFN7O3. The molecule has 0 radical (unpaired) electrons. The number of primary amides is 1. The zero-order valence-electron chi connectivity index (χ0n) is 25.4. The Balaban J connectivity index is 1.26. The Bertz CT molecular complexity index is 2150. The molecule has 238 valence electrons. The topological polar surface area (TPSA) is 137 Å². The number of benzene rings is 3. The summed E-state index contributed by atoms with van der Waals surface area (Å²) in [5.41, 5.74) is 12.1. The fraction of sp³-hybridized carbons (Fsp3) is 0.139. The highest BCUT2D eigenvalue weighted by Gasteiger charge is 2.36. The second-order valence-electron chi connectivity index (χ2n) is 11.5. The molecule has 1 aliphatic heterocycles. The lowest BCUT2D eigenvalue weighted by Gasteiger charge is -2.36. The Labute approximate surface area is 279 Å². The van der Waals surface area contributed by atoms with Crippen molar-refractivity contribution >= 4 is 41.4 Å². The second-order valence-corrected chi connectivity index (χ2v) is 11.9. The SMILES string of the molecule is NC(=O)c1ccc(-c2nccc3c2CCN(C(=O)/C=C/c2c(-n4cnnn4)ccc(Cl)c2F)C3C(=O)Cc2ccc3c(c2)CC=C3)cc1. The van der Waals surface area contributed by atoms with Crippen molar-refractivity contribution in [3.8, 4) is 16.9 Å². The Morgan fingerprint density at radius 2 is 1.90 bits per heavy atom. The third kappa shape index (κ3) is 5.80. The van der Waals surface area contributed by atoms with Gasteiger partial charge in [0.15, 0.2) is 11.6 Å². The monoisotopic (exact) mass is 659 g/mol. The molecule has 0 fully saturated rings. The Morgan fingerprint density at radius 3 is 2.67 bits per heavy atom. The number of carbonyl (C=O) groups is 3. The molecule has 0 bridgehead atoms. The van der Waals surface area contributed by atoms with Crippen LogP contribution in [0.4, 0.5) is 4.39 Å². The van der Waals surface area contributed by atoms with E-state index in [1.807, 2.05) is 18.2 Å². The number of nitrogens with zero attached hydrogens (tertiary/aromatic N) is 6. The summed E-state index contributed by atoms with van der Waals surface area (Å²) in [6, 6.07) is 16.5. The average molecular weight is 660 g/mol. The van der Waals surface area contributed by atoms with E-state index in [1.165, 1.54) is 34.1 Å². The molecule has 1 aliphatic carbocycles. The van der Waals surface area contributed by atoms with Gasteiger partial charge in [0.05, 0.1) is 16.4 Å². The number of ketones is 1. The van der Waals surface area contributed by atoms with E-state index < -0.39 is 23.7 Å². The van der Waals surface area contributed by atoms with E-state index in [4.69, 9.17) is 17.3 Å². The van der Waals surface area contributed by atoms with Crippen molar-refractivity contribution in [2.24, 2.45) is 5.73 Å². The molecule has 12 heteroatoms. The summed E-state index contributed by atoms with van der Waals surface area (Å²) in [5, 5.41) is 10.9. The van der Waals surface area contributed by atoms with Crippen LogP contribution in [-0.4, -0.2) is 54.2 Å². The number of rotatable bonds is 8. The standard InChI is InChI=1S/C36H27ClFN7O3/c37-29-11-12-30(45-20-41-42-43-45)28(33(29)38)10-13-32(47)44-17-15-26-27(14-16-40-34(26)23-6-8-24(9-7-23)36(39)48)35(44)31(46)19-21-4-5-22-2-1-3-25(22)18-21/h1-2,4-14,16,18,20,35H,3,15,17,19H2,(H2,39,48)/b13-10+. The second kappa shape index (κ2) is 12.8. The number of allylic oxidation sites excluding steroid dienone is 1. The first-order chi connectivity index (χ1) is 23.3. The number of hydrogen-bond acceptors (Lipinski definition) is 7. The van der Waals surface area contributed by atoms with Gasteiger partial charge >= 0.3 is 0 Å². The van der Waals surface area contributed by atoms with Crippen LogP contribution >= 0.6 is 11.6 Å². The van der Waals surface area contributed by atoms with Crippen LogP contribution in [0.3, 0.4) is 0 Å². The van der Waals surface area contributed by atoms with Gasteiger partial charge in [-0.25, -0.2) is 4.39 Å². The summed E-state index contributed by atoms with van der Waals surface area (Å²) in [6.45, 7) is 0.205. The molecule has 0 spiro atoms. The maximum absolute atomic E-state index is 15.3. The molecule has 3 aromatic carbocycles. The van der Waals surface area contributed by atoms with Gasteiger partial charge in [-0.15, -0.1) is 5.10 Å². The molecule has 48 heavy (non-hydrogen) atoms. The first-order valence-electron chi connectivity index (χ1n) is 15.2. The van der Waals surface area contributed by atoms with E-state index in [-0.39, 0.29) is 35.0 Å². The molecule has 2 amide bonds. The number of nitrogens with two attached hydrogens (primary N) is 1. The van der Waals surface area contributed by atoms with Crippen LogP contribution in [0.25, 0.3) is 29.1 Å². The van der Waals surface area contributed by atoms with Gasteiger partial charge in [0.2, 0.25) is 11.8 Å². The minimum absolute atomic E-state index is 0.0149. The normalized spacial score (nSPS) is 15.0. The maximum atomic E-state index is 15.3. The predicted octanol–water partition coefficient (Wildman–Crippen LogP) is 5.14. The molecule has 5 aromatic rings. The van der Waals surface area contributed by atoms with Crippen LogP contribution < -0.4 is 5.73 Å². The number of fused-ring (bicyclic) bond motifs is 2. The fourth-order valence-corrected chi connectivity index (χ4v) is 6.50. The number of aromatic nitrogens is 5. The third-order valence-corrected chi connectivity index (χ3v) is 8.94. The smallest absolute Gasteiger partial charge is 0.248 e. The van der Waals surface area contributed by atoms with Gasteiger partial charge in [-0.05, 0) is 87.5 Å². The average Bonchev–Trinajstić information content (AvgIpc) is 3.81. The molecule has 0 saturated heterocycles. The Morgan fingerprint density at radius 1 is 1.06 bits per heavy atom. The molecule has 3 heterocycles. The van der Waals surface area contributed by atoms with Crippen molar-refractivity contribution in [2.75, 3.05) is 6.54 Å². The molecule has 1 unspecified atom stereocenters. The van der Waals surface area contributed by atoms with Crippen LogP contribution in [0.15, 0.2) is 85.3 Å². The number of carbonyl (C=O) groups excluding carboxylic acids is 3. The number of halogens is 2. The number of tetrazole rings is 1. The van der Waals surface area contributed by atoms with Gasteiger partial charge in [0.1, 0.15) is 12.4 Å². The van der Waals surface area contributed by atoms with Crippen molar-refractivity contribution in [2.45, 2.75) is 25.3 Å². The number of hydrogen-bond donors (Lipinski definition) is 1. The van der Waals surface area contributed by atoms with Crippen LogP contribution in [0.1, 0.15) is 49.8 Å². The van der Waals surface area contributed by atoms with E-state index in [9.17, 15) is 14.4 Å². The van der Waals surface area contributed by atoms with Gasteiger partial charge in [-0.1, -0.05) is 54.1 Å². The van der Waals surface area contributed by atoms with E-state index in [0.29, 0.717) is 23.2 Å². The predicted molar refractivity (Wildman–Crippen MR) is 177 cm³/mol. The van der Waals surface area contributed by atoms with Gasteiger partial charge in [0.25, 0.3) is 0 Å². The minimum Gasteiger partial charge on any atom is -0.366 e. The number of Topliss-reactive ketones (excluding diaryl/α,β-unsaturated/α-hetero) is 1. The third-order valence-electron chi connectivity index (χ3n) is 8.65. The maximum Gasteiger partial charge on any atom is 0.248 e. The molecule has 7 rings (SSSR count). The highest BCUT2D eigenvalue weighted by Crippen LogP contribution is 2.37. The summed E-state index contributed by atoms with van der Waals surface area (Å²) in [7, 11) is 0. The lowest BCUT2D eigenvalue weighted by atomic mass is 9.86. The quantitative estimate of drug-likeness (QED) is 0.228. The van der Waals surface area contributed by atoms with Crippen LogP contribution in [0.5, 0.6) is 0 Å². The highest BCUT2D eigenvalue weighted by molar-refractivity contribution is 6.31. The first kappa shape index (κ1) is 30.8. The van der Waals surface area contributed by atoms with Gasteiger partial charge in [-0.2, -0.15) is 4.68 Å². The van der Waals surface area contributed by atoms with E-state index >= 15 is 4.39 Å². The van der Waals surface area contributed by atoms with Crippen LogP contribution in [-0.2, 0) is 28.9 Å². The van der Waals surface area contributed by atoms with E-state index in [1.54, 1.807) is 42.6 Å². The van der Waals surface area contributed by atoms with Crippen molar-refractivity contribution in [1.82, 2.24) is 30.1 Å².